The van der Waals surface area contributed by atoms with E-state index in [1.165, 1.54) is 9.58 Å². The summed E-state index contributed by atoms with van der Waals surface area (Å²) in [5.41, 5.74) is -0.185. The number of aliphatic carboxylic acids is 1. The van der Waals surface area contributed by atoms with E-state index in [-0.39, 0.29) is 18.7 Å². The molecule has 0 radical (unpaired) electrons. The van der Waals surface area contributed by atoms with E-state index in [1.54, 1.807) is 19.1 Å². The van der Waals surface area contributed by atoms with Crippen molar-refractivity contribution >= 4 is 17.6 Å². The first-order valence-electron chi connectivity index (χ1n) is 6.66. The molecule has 1 aromatic carbocycles. The third-order valence-corrected chi connectivity index (χ3v) is 4.10. The molecular weight excluding hydrogens is 272 g/mol. The van der Waals surface area contributed by atoms with Gasteiger partial charge in [-0.25, -0.2) is 14.5 Å². The molecule has 1 N–H and O–H groups in total. The molecule has 3 heterocycles. The second-order valence-corrected chi connectivity index (χ2v) is 5.26. The number of aryl methyl sites for hydroxylation is 1. The molecule has 106 valence electrons. The first-order chi connectivity index (χ1) is 10.1. The van der Waals surface area contributed by atoms with Gasteiger partial charge >= 0.3 is 5.97 Å². The molecule has 21 heavy (non-hydrogen) atoms. The zero-order valence-electron chi connectivity index (χ0n) is 11.3. The number of fused-ring (bicyclic) bond motifs is 6. The highest BCUT2D eigenvalue weighted by molar-refractivity contribution is 6.07. The SMILES string of the molecule is Cc1nc2n(n1)C1(C(=O)O)CCC(=O)N1c1ccccc1-2. The van der Waals surface area contributed by atoms with Crippen LogP contribution in [0.15, 0.2) is 24.3 Å². The van der Waals surface area contributed by atoms with Gasteiger partial charge in [-0.1, -0.05) is 12.1 Å². The van der Waals surface area contributed by atoms with E-state index < -0.39 is 11.6 Å². The Balaban J connectivity index is 2.13. The number of carbonyl (C=O) groups excluding carboxylic acids is 1. The number of aromatic nitrogens is 3. The van der Waals surface area contributed by atoms with Crippen LogP contribution in [0, 0.1) is 6.92 Å². The molecule has 1 saturated heterocycles. The second-order valence-electron chi connectivity index (χ2n) is 5.26. The molecule has 2 aliphatic heterocycles. The summed E-state index contributed by atoms with van der Waals surface area (Å²) < 4.78 is 1.39. The summed E-state index contributed by atoms with van der Waals surface area (Å²) in [5.74, 6) is -0.310. The molecule has 4 rings (SSSR count). The molecule has 1 unspecified atom stereocenters. The summed E-state index contributed by atoms with van der Waals surface area (Å²) in [6, 6.07) is 7.20. The van der Waals surface area contributed by atoms with Crippen LogP contribution < -0.4 is 4.90 Å². The van der Waals surface area contributed by atoms with Crippen LogP contribution in [0.25, 0.3) is 11.4 Å². The minimum absolute atomic E-state index is 0.180. The number of carboxylic acids is 1. The van der Waals surface area contributed by atoms with E-state index in [0.717, 1.165) is 5.56 Å². The molecule has 0 spiro atoms. The highest BCUT2D eigenvalue weighted by Gasteiger charge is 2.58. The highest BCUT2D eigenvalue weighted by atomic mass is 16.4. The molecule has 7 heteroatoms. The first-order valence-corrected chi connectivity index (χ1v) is 6.66. The number of benzene rings is 1. The molecule has 7 nitrogen and oxygen atoms in total. The zero-order chi connectivity index (χ0) is 14.8. The third-order valence-electron chi connectivity index (χ3n) is 4.10. The van der Waals surface area contributed by atoms with Crippen LogP contribution in [0.5, 0.6) is 0 Å². The Morgan fingerprint density at radius 1 is 1.38 bits per heavy atom. The maximum atomic E-state index is 12.3. The van der Waals surface area contributed by atoms with Crippen molar-refractivity contribution in [2.24, 2.45) is 0 Å². The van der Waals surface area contributed by atoms with Gasteiger partial charge in [0.2, 0.25) is 11.6 Å². The number of rotatable bonds is 1. The van der Waals surface area contributed by atoms with Gasteiger partial charge in [-0.2, -0.15) is 5.10 Å². The van der Waals surface area contributed by atoms with Crippen molar-refractivity contribution < 1.29 is 14.7 Å². The minimum Gasteiger partial charge on any atom is -0.478 e. The van der Waals surface area contributed by atoms with Gasteiger partial charge in [-0.3, -0.25) is 9.69 Å². The monoisotopic (exact) mass is 284 g/mol. The third kappa shape index (κ3) is 1.28. The number of hydrogen-bond acceptors (Lipinski definition) is 4. The predicted molar refractivity (Wildman–Crippen MR) is 72.5 cm³/mol. The number of para-hydroxylation sites is 1. The van der Waals surface area contributed by atoms with Crippen molar-refractivity contribution in [3.05, 3.63) is 30.1 Å². The Labute approximate surface area is 119 Å². The second kappa shape index (κ2) is 3.69. The standard InChI is InChI=1S/C14H12N4O3/c1-8-15-12-9-4-2-3-5-10(9)17-11(19)6-7-14(17,13(20)21)18(12)16-8/h2-5H,6-7H2,1H3,(H,20,21). The van der Waals surface area contributed by atoms with Gasteiger partial charge in [0.1, 0.15) is 5.82 Å². The van der Waals surface area contributed by atoms with Crippen LogP contribution in [0.2, 0.25) is 0 Å². The van der Waals surface area contributed by atoms with E-state index in [9.17, 15) is 14.7 Å². The maximum absolute atomic E-state index is 12.3. The molecule has 2 aromatic rings. The van der Waals surface area contributed by atoms with E-state index in [2.05, 4.69) is 10.1 Å². The maximum Gasteiger partial charge on any atom is 0.353 e. The fourth-order valence-electron chi connectivity index (χ4n) is 3.24. The Bertz CT molecular complexity index is 797. The van der Waals surface area contributed by atoms with Gasteiger partial charge in [0.05, 0.1) is 5.69 Å². The van der Waals surface area contributed by atoms with Crippen LogP contribution >= 0.6 is 0 Å². The molecule has 0 aliphatic carbocycles. The van der Waals surface area contributed by atoms with Crippen molar-refractivity contribution in [3.63, 3.8) is 0 Å². The number of hydrogen-bond donors (Lipinski definition) is 1. The lowest BCUT2D eigenvalue weighted by Crippen LogP contribution is -2.56. The lowest BCUT2D eigenvalue weighted by Gasteiger charge is -2.39. The van der Waals surface area contributed by atoms with Crippen molar-refractivity contribution in [3.8, 4) is 11.4 Å². The van der Waals surface area contributed by atoms with Crippen molar-refractivity contribution in [2.75, 3.05) is 4.90 Å². The predicted octanol–water partition coefficient (Wildman–Crippen LogP) is 1.13. The summed E-state index contributed by atoms with van der Waals surface area (Å²) in [6.45, 7) is 1.71. The lowest BCUT2D eigenvalue weighted by molar-refractivity contribution is -0.148. The number of anilines is 1. The molecule has 0 saturated carbocycles. The summed E-state index contributed by atoms with van der Waals surface area (Å²) in [4.78, 5) is 30.0. The van der Waals surface area contributed by atoms with Crippen molar-refractivity contribution in [1.29, 1.82) is 0 Å². The van der Waals surface area contributed by atoms with E-state index in [0.29, 0.717) is 17.3 Å². The Morgan fingerprint density at radius 2 is 2.14 bits per heavy atom. The van der Waals surface area contributed by atoms with Gasteiger partial charge in [0.15, 0.2) is 5.82 Å². The normalized spacial score (nSPS) is 22.7. The van der Waals surface area contributed by atoms with Gasteiger partial charge in [0, 0.05) is 18.4 Å². The van der Waals surface area contributed by atoms with Gasteiger partial charge in [-0.05, 0) is 19.1 Å². The van der Waals surface area contributed by atoms with Crippen LogP contribution in [-0.2, 0) is 15.3 Å². The first kappa shape index (κ1) is 12.1. The molecule has 1 fully saturated rings. The fourth-order valence-corrected chi connectivity index (χ4v) is 3.24. The Kier molecular flexibility index (Phi) is 2.12. The quantitative estimate of drug-likeness (QED) is 0.848. The summed E-state index contributed by atoms with van der Waals surface area (Å²) in [6.07, 6.45) is 0.365. The number of carboxylic acid groups (broad SMARTS) is 1. The molecule has 1 amide bonds. The Morgan fingerprint density at radius 3 is 2.90 bits per heavy atom. The lowest BCUT2D eigenvalue weighted by atomic mass is 10.0. The van der Waals surface area contributed by atoms with E-state index in [1.807, 2.05) is 12.1 Å². The van der Waals surface area contributed by atoms with E-state index >= 15 is 0 Å². The van der Waals surface area contributed by atoms with Crippen LogP contribution in [0.4, 0.5) is 5.69 Å². The summed E-state index contributed by atoms with van der Waals surface area (Å²) in [7, 11) is 0. The molecule has 0 bridgehead atoms. The van der Waals surface area contributed by atoms with E-state index in [4.69, 9.17) is 0 Å². The molecule has 1 aromatic heterocycles. The smallest absolute Gasteiger partial charge is 0.353 e. The average Bonchev–Trinajstić information content (AvgIpc) is 3.01. The van der Waals surface area contributed by atoms with Gasteiger partial charge in [-0.15, -0.1) is 0 Å². The molecule has 2 aliphatic rings. The molecule has 1 atom stereocenters. The number of nitrogens with zero attached hydrogens (tertiary/aromatic N) is 4. The Hall–Kier alpha value is -2.70. The largest absolute Gasteiger partial charge is 0.478 e. The zero-order valence-corrected chi connectivity index (χ0v) is 11.3. The summed E-state index contributed by atoms with van der Waals surface area (Å²) in [5, 5.41) is 14.1. The van der Waals surface area contributed by atoms with Crippen LogP contribution in [0.1, 0.15) is 18.7 Å². The van der Waals surface area contributed by atoms with Crippen molar-refractivity contribution in [1.82, 2.24) is 14.8 Å². The van der Waals surface area contributed by atoms with Gasteiger partial charge in [0.25, 0.3) is 0 Å². The number of amides is 1. The number of carbonyl (C=O) groups is 2. The average molecular weight is 284 g/mol. The topological polar surface area (TPSA) is 88.3 Å². The molecular formula is C14H12N4O3. The van der Waals surface area contributed by atoms with Crippen LogP contribution in [0.3, 0.4) is 0 Å². The van der Waals surface area contributed by atoms with Crippen molar-refractivity contribution in [2.45, 2.75) is 25.4 Å². The van der Waals surface area contributed by atoms with Crippen LogP contribution in [-0.4, -0.2) is 31.7 Å². The summed E-state index contributed by atoms with van der Waals surface area (Å²) >= 11 is 0. The highest BCUT2D eigenvalue weighted by Crippen LogP contribution is 2.48. The fraction of sp³-hybridized carbons (Fsp3) is 0.286. The minimum atomic E-state index is -1.50. The van der Waals surface area contributed by atoms with Gasteiger partial charge < -0.3 is 5.11 Å².